The second kappa shape index (κ2) is 11.3. The van der Waals surface area contributed by atoms with Crippen LogP contribution in [0.5, 0.6) is 5.75 Å². The molecule has 0 radical (unpaired) electrons. The topological polar surface area (TPSA) is 119 Å². The minimum atomic E-state index is -1.00. The fraction of sp³-hybridized carbons (Fsp3) is 0.115. The van der Waals surface area contributed by atoms with E-state index in [1.165, 1.54) is 30.1 Å². The first-order valence-electron chi connectivity index (χ1n) is 10.9. The summed E-state index contributed by atoms with van der Waals surface area (Å²) in [5.74, 6) is 0.138. The van der Waals surface area contributed by atoms with Gasteiger partial charge in [0.05, 0.1) is 24.6 Å². The van der Waals surface area contributed by atoms with Gasteiger partial charge in [0.1, 0.15) is 5.75 Å². The van der Waals surface area contributed by atoms with Crippen molar-refractivity contribution in [1.82, 2.24) is 20.2 Å². The zero-order valence-electron chi connectivity index (χ0n) is 19.6. The van der Waals surface area contributed by atoms with Crippen LogP contribution in [0, 0.1) is 6.92 Å². The highest BCUT2D eigenvalue weighted by Gasteiger charge is 2.17. The molecule has 1 amide bonds. The van der Waals surface area contributed by atoms with Gasteiger partial charge >= 0.3 is 5.97 Å². The third kappa shape index (κ3) is 5.97. The van der Waals surface area contributed by atoms with E-state index >= 15 is 0 Å². The smallest absolute Gasteiger partial charge is 0.335 e. The molecule has 1 heterocycles. The van der Waals surface area contributed by atoms with Crippen molar-refractivity contribution < 1.29 is 19.4 Å². The molecule has 0 saturated carbocycles. The number of thioether (sulfide) groups is 1. The largest absolute Gasteiger partial charge is 0.497 e. The van der Waals surface area contributed by atoms with Crippen molar-refractivity contribution in [2.75, 3.05) is 12.9 Å². The predicted molar refractivity (Wildman–Crippen MR) is 138 cm³/mol. The van der Waals surface area contributed by atoms with Crippen LogP contribution in [0.3, 0.4) is 0 Å². The van der Waals surface area contributed by atoms with Crippen molar-refractivity contribution in [3.8, 4) is 22.8 Å². The second-order valence-corrected chi connectivity index (χ2v) is 8.66. The monoisotopic (exact) mass is 501 g/mol. The lowest BCUT2D eigenvalue weighted by atomic mass is 10.1. The molecule has 2 N–H and O–H groups in total. The summed E-state index contributed by atoms with van der Waals surface area (Å²) in [7, 11) is 1.61. The molecule has 0 aliphatic carbocycles. The first-order chi connectivity index (χ1) is 17.4. The van der Waals surface area contributed by atoms with Gasteiger partial charge in [-0.1, -0.05) is 41.6 Å². The number of amides is 1. The zero-order valence-corrected chi connectivity index (χ0v) is 20.4. The number of carboxylic acids is 1. The van der Waals surface area contributed by atoms with E-state index in [0.29, 0.717) is 16.5 Å². The Morgan fingerprint density at radius 1 is 1.03 bits per heavy atom. The average molecular weight is 502 g/mol. The maximum atomic E-state index is 12.4. The lowest BCUT2D eigenvalue weighted by Crippen LogP contribution is -2.20. The Morgan fingerprint density at radius 3 is 2.36 bits per heavy atom. The Morgan fingerprint density at radius 2 is 1.72 bits per heavy atom. The average Bonchev–Trinajstić information content (AvgIpc) is 3.32. The molecule has 4 rings (SSSR count). The number of carbonyl (C=O) groups excluding carboxylic acids is 1. The summed E-state index contributed by atoms with van der Waals surface area (Å²) in [6.07, 6.45) is 1.45. The number of aryl methyl sites for hydroxylation is 1. The molecule has 10 heteroatoms. The van der Waals surface area contributed by atoms with Gasteiger partial charge in [-0.25, -0.2) is 10.2 Å². The number of hydrogen-bond acceptors (Lipinski definition) is 7. The molecule has 0 atom stereocenters. The van der Waals surface area contributed by atoms with Crippen molar-refractivity contribution in [1.29, 1.82) is 0 Å². The summed E-state index contributed by atoms with van der Waals surface area (Å²) >= 11 is 1.24. The number of aromatic nitrogens is 3. The molecule has 4 aromatic rings. The predicted octanol–water partition coefficient (Wildman–Crippen LogP) is 4.19. The van der Waals surface area contributed by atoms with Gasteiger partial charge in [-0.3, -0.25) is 9.36 Å². The molecule has 0 aliphatic heterocycles. The second-order valence-electron chi connectivity index (χ2n) is 7.71. The third-order valence-electron chi connectivity index (χ3n) is 5.17. The molecule has 182 valence electrons. The van der Waals surface area contributed by atoms with Crippen LogP contribution in [0.1, 0.15) is 21.5 Å². The number of ether oxygens (including phenoxy) is 1. The lowest BCUT2D eigenvalue weighted by molar-refractivity contribution is -0.118. The highest BCUT2D eigenvalue weighted by atomic mass is 32.2. The minimum absolute atomic E-state index is 0.0713. The molecule has 9 nitrogen and oxygen atoms in total. The SMILES string of the molecule is COc1ccc(-c2nnc(SCC(=O)NN=Cc3ccc(C(=O)O)cc3)n2-c2ccc(C)cc2)cc1. The number of benzene rings is 3. The van der Waals surface area contributed by atoms with Gasteiger partial charge in [0.15, 0.2) is 11.0 Å². The quantitative estimate of drug-likeness (QED) is 0.200. The fourth-order valence-corrected chi connectivity index (χ4v) is 4.01. The number of carboxylic acid groups (broad SMARTS) is 1. The van der Waals surface area contributed by atoms with Gasteiger partial charge < -0.3 is 9.84 Å². The number of aromatic carboxylic acids is 1. The normalized spacial score (nSPS) is 10.9. The molecule has 1 aromatic heterocycles. The number of hydrogen-bond donors (Lipinski definition) is 2. The van der Waals surface area contributed by atoms with E-state index < -0.39 is 5.97 Å². The zero-order chi connectivity index (χ0) is 25.5. The summed E-state index contributed by atoms with van der Waals surface area (Å²) in [4.78, 5) is 23.3. The molecule has 0 fully saturated rings. The van der Waals surface area contributed by atoms with Crippen molar-refractivity contribution in [3.63, 3.8) is 0 Å². The number of nitrogens with one attached hydrogen (secondary N) is 1. The standard InChI is InChI=1S/C26H23N5O4S/c1-17-3-11-21(12-4-17)31-24(19-9-13-22(35-2)14-10-19)29-30-26(31)36-16-23(32)28-27-15-18-5-7-20(8-6-18)25(33)34/h3-15H,16H2,1-2H3,(H,28,32)(H,33,34). The first-order valence-corrected chi connectivity index (χ1v) is 11.9. The van der Waals surface area contributed by atoms with Gasteiger partial charge in [0.2, 0.25) is 0 Å². The van der Waals surface area contributed by atoms with Crippen LogP contribution < -0.4 is 10.2 Å². The van der Waals surface area contributed by atoms with Gasteiger partial charge in [-0.15, -0.1) is 10.2 Å². The molecule has 0 bridgehead atoms. The van der Waals surface area contributed by atoms with Crippen LogP contribution in [-0.2, 0) is 4.79 Å². The summed E-state index contributed by atoms with van der Waals surface area (Å²) in [5.41, 5.74) is 6.19. The Balaban J connectivity index is 1.48. The minimum Gasteiger partial charge on any atom is -0.497 e. The van der Waals surface area contributed by atoms with E-state index in [9.17, 15) is 9.59 Å². The Labute approximate surface area is 211 Å². The number of rotatable bonds is 9. The maximum Gasteiger partial charge on any atom is 0.335 e. The number of hydrazone groups is 1. The fourth-order valence-electron chi connectivity index (χ4n) is 3.27. The summed E-state index contributed by atoms with van der Waals surface area (Å²) in [6.45, 7) is 2.02. The van der Waals surface area contributed by atoms with Crippen molar-refractivity contribution >= 4 is 29.9 Å². The molecule has 3 aromatic carbocycles. The molecule has 0 aliphatic rings. The van der Waals surface area contributed by atoms with E-state index in [-0.39, 0.29) is 17.2 Å². The summed E-state index contributed by atoms with van der Waals surface area (Å²) < 4.78 is 7.16. The van der Waals surface area contributed by atoms with Crippen LogP contribution in [0.15, 0.2) is 83.1 Å². The van der Waals surface area contributed by atoms with E-state index in [2.05, 4.69) is 20.7 Å². The molecule has 0 unspecified atom stereocenters. The first kappa shape index (κ1) is 24.7. The van der Waals surface area contributed by atoms with Gasteiger partial charge in [-0.2, -0.15) is 5.10 Å². The molecule has 0 saturated heterocycles. The van der Waals surface area contributed by atoms with E-state index in [4.69, 9.17) is 9.84 Å². The molecule has 0 spiro atoms. The molecular formula is C26H23N5O4S. The lowest BCUT2D eigenvalue weighted by Gasteiger charge is -2.11. The van der Waals surface area contributed by atoms with E-state index in [0.717, 1.165) is 22.6 Å². The molecular weight excluding hydrogens is 478 g/mol. The van der Waals surface area contributed by atoms with Gasteiger partial charge in [0.25, 0.3) is 5.91 Å². The van der Waals surface area contributed by atoms with E-state index in [1.807, 2.05) is 60.0 Å². The van der Waals surface area contributed by atoms with Crippen molar-refractivity contribution in [2.45, 2.75) is 12.1 Å². The highest BCUT2D eigenvalue weighted by molar-refractivity contribution is 7.99. The highest BCUT2D eigenvalue weighted by Crippen LogP contribution is 2.29. The maximum absolute atomic E-state index is 12.4. The van der Waals surface area contributed by atoms with Crippen LogP contribution in [-0.4, -0.2) is 50.8 Å². The van der Waals surface area contributed by atoms with Crippen molar-refractivity contribution in [2.24, 2.45) is 5.10 Å². The number of nitrogens with zero attached hydrogens (tertiary/aromatic N) is 4. The summed E-state index contributed by atoms with van der Waals surface area (Å²) in [5, 5.41) is 22.2. The Hall–Kier alpha value is -4.44. The Bertz CT molecular complexity index is 1380. The third-order valence-corrected chi connectivity index (χ3v) is 6.10. The van der Waals surface area contributed by atoms with Crippen molar-refractivity contribution in [3.05, 3.63) is 89.5 Å². The van der Waals surface area contributed by atoms with Gasteiger partial charge in [-0.05, 0) is 61.0 Å². The van der Waals surface area contributed by atoms with E-state index in [1.54, 1.807) is 19.2 Å². The van der Waals surface area contributed by atoms with Crippen LogP contribution in [0.4, 0.5) is 0 Å². The summed E-state index contributed by atoms with van der Waals surface area (Å²) in [6, 6.07) is 21.7. The van der Waals surface area contributed by atoms with Crippen LogP contribution >= 0.6 is 11.8 Å². The van der Waals surface area contributed by atoms with Crippen LogP contribution in [0.25, 0.3) is 17.1 Å². The molecule has 36 heavy (non-hydrogen) atoms. The number of methoxy groups -OCH3 is 1. The Kier molecular flexibility index (Phi) is 7.76. The van der Waals surface area contributed by atoms with Gasteiger partial charge in [0, 0.05) is 11.3 Å². The van der Waals surface area contributed by atoms with Crippen LogP contribution in [0.2, 0.25) is 0 Å². The number of carbonyl (C=O) groups is 2.